The van der Waals surface area contributed by atoms with Gasteiger partial charge in [-0.2, -0.15) is 0 Å². The number of hydrogen-bond donors (Lipinski definition) is 0. The Morgan fingerprint density at radius 1 is 0.636 bits per heavy atom. The minimum atomic E-state index is 1.12. The summed E-state index contributed by atoms with van der Waals surface area (Å²) in [6, 6.07) is 13.0. The molecule has 178 valence electrons. The summed E-state index contributed by atoms with van der Waals surface area (Å²) in [5.41, 5.74) is 2.56. The molecule has 0 radical (unpaired) electrons. The molecule has 0 fully saturated rings. The molecule has 3 aromatic rings. The van der Waals surface area contributed by atoms with Gasteiger partial charge in [0.15, 0.2) is 12.4 Å². The van der Waals surface area contributed by atoms with E-state index in [9.17, 15) is 0 Å². The van der Waals surface area contributed by atoms with Crippen LogP contribution in [0.25, 0.3) is 20.9 Å². The summed E-state index contributed by atoms with van der Waals surface area (Å²) >= 11 is 1.86. The van der Waals surface area contributed by atoms with Crippen LogP contribution in [0.5, 0.6) is 0 Å². The fourth-order valence-corrected chi connectivity index (χ4v) is 5.46. The number of thiophene rings is 1. The summed E-state index contributed by atoms with van der Waals surface area (Å²) in [7, 11) is 0. The largest absolute Gasteiger partial charge is 0.265 e. The lowest BCUT2D eigenvalue weighted by Crippen LogP contribution is -2.32. The molecule has 0 spiro atoms. The Labute approximate surface area is 206 Å². The van der Waals surface area contributed by atoms with Crippen LogP contribution in [0, 0.1) is 0 Å². The van der Waals surface area contributed by atoms with Crippen molar-refractivity contribution >= 4 is 11.3 Å². The average molecular weight is 464 g/mol. The molecule has 0 aromatic carbocycles. The maximum atomic E-state index is 4.13. The highest BCUT2D eigenvalue weighted by Crippen LogP contribution is 2.33. The van der Waals surface area contributed by atoms with E-state index >= 15 is 0 Å². The SMILES string of the molecule is CCCCCCCCCCCCCCCC[n+]1cccc(-c2ccc(-c3ccncc3)s2)c1. The summed E-state index contributed by atoms with van der Waals surface area (Å²) in [5.74, 6) is 0. The summed E-state index contributed by atoms with van der Waals surface area (Å²) in [6.45, 7) is 3.41. The predicted molar refractivity (Wildman–Crippen MR) is 143 cm³/mol. The van der Waals surface area contributed by atoms with Crippen LogP contribution >= 0.6 is 11.3 Å². The Kier molecular flexibility index (Phi) is 12.2. The van der Waals surface area contributed by atoms with Crippen LogP contribution in [-0.4, -0.2) is 4.98 Å². The van der Waals surface area contributed by atoms with Crippen molar-refractivity contribution < 1.29 is 4.57 Å². The quantitative estimate of drug-likeness (QED) is 0.144. The molecule has 3 rings (SSSR count). The van der Waals surface area contributed by atoms with Crippen LogP contribution in [0.4, 0.5) is 0 Å². The van der Waals surface area contributed by atoms with Crippen molar-refractivity contribution in [2.24, 2.45) is 0 Å². The fourth-order valence-electron chi connectivity index (χ4n) is 4.46. The van der Waals surface area contributed by atoms with Crippen molar-refractivity contribution in [3.8, 4) is 20.9 Å². The van der Waals surface area contributed by atoms with Crippen molar-refractivity contribution in [3.05, 3.63) is 61.2 Å². The average Bonchev–Trinajstić information content (AvgIpc) is 3.36. The Morgan fingerprint density at radius 2 is 1.18 bits per heavy atom. The number of nitrogens with zero attached hydrogens (tertiary/aromatic N) is 2. The number of aryl methyl sites for hydroxylation is 1. The lowest BCUT2D eigenvalue weighted by atomic mass is 10.0. The Bertz CT molecular complexity index is 887. The van der Waals surface area contributed by atoms with E-state index in [1.807, 2.05) is 23.7 Å². The Hall–Kier alpha value is -2.00. The van der Waals surface area contributed by atoms with Crippen LogP contribution in [-0.2, 0) is 6.54 Å². The molecule has 0 unspecified atom stereocenters. The highest BCUT2D eigenvalue weighted by molar-refractivity contribution is 7.18. The lowest BCUT2D eigenvalue weighted by molar-refractivity contribution is -0.696. The third-order valence-electron chi connectivity index (χ3n) is 6.48. The van der Waals surface area contributed by atoms with Gasteiger partial charge in [-0.05, 0) is 42.3 Å². The Balaban J connectivity index is 1.26. The van der Waals surface area contributed by atoms with Crippen LogP contribution < -0.4 is 4.57 Å². The maximum Gasteiger partial charge on any atom is 0.177 e. The van der Waals surface area contributed by atoms with E-state index in [0.717, 1.165) is 6.54 Å². The van der Waals surface area contributed by atoms with E-state index < -0.39 is 0 Å². The summed E-state index contributed by atoms with van der Waals surface area (Å²) in [4.78, 5) is 6.76. The molecule has 0 saturated heterocycles. The zero-order chi connectivity index (χ0) is 23.0. The van der Waals surface area contributed by atoms with E-state index in [1.165, 1.54) is 111 Å². The monoisotopic (exact) mass is 463 g/mol. The maximum absolute atomic E-state index is 4.13. The second-order valence-electron chi connectivity index (χ2n) is 9.33. The molecule has 3 heteroatoms. The van der Waals surface area contributed by atoms with Gasteiger partial charge in [0, 0.05) is 34.6 Å². The number of aromatic nitrogens is 2. The van der Waals surface area contributed by atoms with E-state index in [1.54, 1.807) is 0 Å². The minimum absolute atomic E-state index is 1.12. The molecule has 0 atom stereocenters. The number of pyridine rings is 2. The molecule has 0 aliphatic rings. The summed E-state index contributed by atoms with van der Waals surface area (Å²) in [5, 5.41) is 0. The molecule has 2 nitrogen and oxygen atoms in total. The third-order valence-corrected chi connectivity index (χ3v) is 7.67. The van der Waals surface area contributed by atoms with Gasteiger partial charge in [-0.3, -0.25) is 4.98 Å². The first-order valence-electron chi connectivity index (χ1n) is 13.4. The third kappa shape index (κ3) is 9.80. The van der Waals surface area contributed by atoms with Gasteiger partial charge < -0.3 is 0 Å². The second kappa shape index (κ2) is 15.8. The zero-order valence-electron chi connectivity index (χ0n) is 20.7. The molecule has 0 amide bonds. The van der Waals surface area contributed by atoms with Gasteiger partial charge in [0.05, 0.1) is 5.56 Å². The van der Waals surface area contributed by atoms with Crippen molar-refractivity contribution in [1.29, 1.82) is 0 Å². The molecular weight excluding hydrogens is 420 g/mol. The van der Waals surface area contributed by atoms with Crippen LogP contribution in [0.3, 0.4) is 0 Å². The molecule has 0 saturated carbocycles. The first-order chi connectivity index (χ1) is 16.4. The molecular formula is C30H43N2S+. The molecule has 33 heavy (non-hydrogen) atoms. The van der Waals surface area contributed by atoms with Crippen LogP contribution in [0.1, 0.15) is 96.8 Å². The molecule has 3 heterocycles. The molecule has 0 bridgehead atoms. The minimum Gasteiger partial charge on any atom is -0.265 e. The lowest BCUT2D eigenvalue weighted by Gasteiger charge is -2.03. The first-order valence-corrected chi connectivity index (χ1v) is 14.2. The van der Waals surface area contributed by atoms with Crippen molar-refractivity contribution in [2.75, 3.05) is 0 Å². The summed E-state index contributed by atoms with van der Waals surface area (Å²) in [6.07, 6.45) is 28.0. The van der Waals surface area contributed by atoms with Gasteiger partial charge in [-0.15, -0.1) is 11.3 Å². The zero-order valence-corrected chi connectivity index (χ0v) is 21.5. The normalized spacial score (nSPS) is 11.2. The van der Waals surface area contributed by atoms with Crippen molar-refractivity contribution in [1.82, 2.24) is 4.98 Å². The van der Waals surface area contributed by atoms with Crippen molar-refractivity contribution in [2.45, 2.75) is 103 Å². The van der Waals surface area contributed by atoms with Crippen molar-refractivity contribution in [3.63, 3.8) is 0 Å². The van der Waals surface area contributed by atoms with Crippen LogP contribution in [0.15, 0.2) is 61.2 Å². The highest BCUT2D eigenvalue weighted by Gasteiger charge is 2.09. The van der Waals surface area contributed by atoms with Gasteiger partial charge in [0.1, 0.15) is 6.54 Å². The Morgan fingerprint density at radius 3 is 1.79 bits per heavy atom. The number of hydrogen-bond acceptors (Lipinski definition) is 2. The van der Waals surface area contributed by atoms with E-state index in [0.29, 0.717) is 0 Å². The topological polar surface area (TPSA) is 16.8 Å². The predicted octanol–water partition coefficient (Wildman–Crippen LogP) is 9.25. The number of rotatable bonds is 17. The second-order valence-corrected chi connectivity index (χ2v) is 10.4. The molecule has 0 N–H and O–H groups in total. The van der Waals surface area contributed by atoms with Gasteiger partial charge >= 0.3 is 0 Å². The van der Waals surface area contributed by atoms with E-state index in [-0.39, 0.29) is 0 Å². The first kappa shape index (κ1) is 25.6. The molecule has 0 aliphatic heterocycles. The van der Waals surface area contributed by atoms with Gasteiger partial charge in [0.2, 0.25) is 0 Å². The number of unbranched alkanes of at least 4 members (excludes halogenated alkanes) is 13. The summed E-state index contributed by atoms with van der Waals surface area (Å²) < 4.78 is 2.36. The standard InChI is InChI=1S/C30H43N2S/c1-2-3-4-5-6-7-8-9-10-11-12-13-14-15-24-32-25-16-17-28(26-32)30-19-18-29(33-30)27-20-22-31-23-21-27/h16-23,25-26H,2-15,24H2,1H3/q+1. The van der Waals surface area contributed by atoms with E-state index in [4.69, 9.17) is 0 Å². The molecule has 3 aromatic heterocycles. The smallest absolute Gasteiger partial charge is 0.177 e. The van der Waals surface area contributed by atoms with E-state index in [2.05, 4.69) is 65.3 Å². The van der Waals surface area contributed by atoms with Gasteiger partial charge in [-0.25, -0.2) is 4.57 Å². The fraction of sp³-hybridized carbons (Fsp3) is 0.533. The van der Waals surface area contributed by atoms with Gasteiger partial charge in [-0.1, -0.05) is 84.0 Å². The molecule has 0 aliphatic carbocycles. The van der Waals surface area contributed by atoms with Crippen LogP contribution in [0.2, 0.25) is 0 Å². The van der Waals surface area contributed by atoms with Gasteiger partial charge in [0.25, 0.3) is 0 Å². The highest BCUT2D eigenvalue weighted by atomic mass is 32.1.